The number of ether oxygens (including phenoxy) is 3. The Bertz CT molecular complexity index is 838. The monoisotopic (exact) mass is 418 g/mol. The lowest BCUT2D eigenvalue weighted by Gasteiger charge is -2.22. The Labute approximate surface area is 164 Å². The van der Waals surface area contributed by atoms with Crippen LogP contribution in [0.5, 0.6) is 11.5 Å². The molecule has 0 spiro atoms. The molecule has 1 fully saturated rings. The van der Waals surface area contributed by atoms with Gasteiger partial charge < -0.3 is 25.3 Å². The van der Waals surface area contributed by atoms with Gasteiger partial charge in [-0.3, -0.25) is 0 Å². The van der Waals surface area contributed by atoms with Gasteiger partial charge in [0.1, 0.15) is 28.6 Å². The van der Waals surface area contributed by atoms with Gasteiger partial charge in [-0.05, 0) is 23.7 Å². The molecule has 3 rings (SSSR count). The number of para-hydroxylation sites is 1. The fourth-order valence-electron chi connectivity index (χ4n) is 2.80. The van der Waals surface area contributed by atoms with Crippen molar-refractivity contribution in [3.63, 3.8) is 0 Å². The molecule has 1 aliphatic heterocycles. The fraction of sp³-hybridized carbons (Fsp3) is 0.412. The molecule has 3 N–H and O–H groups in total. The van der Waals surface area contributed by atoms with E-state index in [1.807, 2.05) is 0 Å². The van der Waals surface area contributed by atoms with Crippen LogP contribution in [0.15, 0.2) is 24.4 Å². The van der Waals surface area contributed by atoms with Crippen LogP contribution in [0.1, 0.15) is 5.56 Å². The van der Waals surface area contributed by atoms with Crippen LogP contribution in [0.25, 0.3) is 0 Å². The quantitative estimate of drug-likeness (QED) is 0.549. The molecule has 0 aliphatic carbocycles. The summed E-state index contributed by atoms with van der Waals surface area (Å²) >= 11 is 5.66. The van der Waals surface area contributed by atoms with E-state index in [1.165, 1.54) is 7.11 Å². The van der Waals surface area contributed by atoms with Crippen LogP contribution < -0.4 is 20.5 Å². The smallest absolute Gasteiger partial charge is 0.421 e. The Hall–Kier alpha value is -2.46. The number of hydrogen-bond acceptors (Lipinski definition) is 7. The highest BCUT2D eigenvalue weighted by atomic mass is 35.5. The predicted octanol–water partition coefficient (Wildman–Crippen LogP) is 3.25. The summed E-state index contributed by atoms with van der Waals surface area (Å²) in [7, 11) is 1.49. The number of nitrogens with zero attached hydrogens (tertiary/aromatic N) is 2. The van der Waals surface area contributed by atoms with Gasteiger partial charge in [0.25, 0.3) is 0 Å². The summed E-state index contributed by atoms with van der Waals surface area (Å²) in [6.07, 6.45) is -3.97. The molecule has 1 aromatic heterocycles. The molecular weight excluding hydrogens is 401 g/mol. The van der Waals surface area contributed by atoms with Gasteiger partial charge in [0, 0.05) is 12.1 Å². The molecule has 0 bridgehead atoms. The zero-order valence-electron chi connectivity index (χ0n) is 14.8. The lowest BCUT2D eigenvalue weighted by molar-refractivity contribution is -0.137. The summed E-state index contributed by atoms with van der Waals surface area (Å²) in [6, 6.07) is 4.65. The molecule has 0 amide bonds. The maximum atomic E-state index is 13.2. The number of anilines is 2. The van der Waals surface area contributed by atoms with E-state index < -0.39 is 23.6 Å². The van der Waals surface area contributed by atoms with Crippen LogP contribution in [0.2, 0.25) is 5.28 Å². The Morgan fingerprint density at radius 1 is 1.32 bits per heavy atom. The first-order valence-corrected chi connectivity index (χ1v) is 8.66. The molecule has 0 radical (unpaired) electrons. The Morgan fingerprint density at radius 2 is 2.07 bits per heavy atom. The number of nitrogens with one attached hydrogen (secondary N) is 1. The number of halogens is 4. The van der Waals surface area contributed by atoms with E-state index in [4.69, 9.17) is 31.5 Å². The molecule has 0 saturated carbocycles. The lowest BCUT2D eigenvalue weighted by atomic mass is 10.0. The fourth-order valence-corrected chi connectivity index (χ4v) is 2.93. The minimum atomic E-state index is -4.62. The first kappa shape index (κ1) is 20.3. The summed E-state index contributed by atoms with van der Waals surface area (Å²) in [5.74, 6) is 0.265. The largest absolute Gasteiger partial charge is 0.494 e. The number of nitrogens with two attached hydrogens (primary N) is 1. The van der Waals surface area contributed by atoms with E-state index in [2.05, 4.69) is 15.3 Å². The summed E-state index contributed by atoms with van der Waals surface area (Å²) in [6.45, 7) is 0.678. The Kier molecular flexibility index (Phi) is 5.99. The topological polar surface area (TPSA) is 91.5 Å². The second-order valence-corrected chi connectivity index (χ2v) is 6.47. The third-order valence-corrected chi connectivity index (χ3v) is 4.47. The van der Waals surface area contributed by atoms with E-state index in [0.29, 0.717) is 30.0 Å². The maximum Gasteiger partial charge on any atom is 0.421 e. The van der Waals surface area contributed by atoms with Crippen molar-refractivity contribution in [2.24, 2.45) is 5.92 Å². The first-order valence-electron chi connectivity index (χ1n) is 8.29. The first-order chi connectivity index (χ1) is 13.3. The summed E-state index contributed by atoms with van der Waals surface area (Å²) in [5.41, 5.74) is 5.31. The molecular formula is C17H18ClF3N4O3. The zero-order chi connectivity index (χ0) is 20.3. The van der Waals surface area contributed by atoms with E-state index >= 15 is 0 Å². The Morgan fingerprint density at radius 3 is 2.79 bits per heavy atom. The van der Waals surface area contributed by atoms with Crippen molar-refractivity contribution < 1.29 is 27.4 Å². The number of nitrogen functional groups attached to an aromatic ring is 1. The van der Waals surface area contributed by atoms with Crippen LogP contribution >= 0.6 is 11.6 Å². The highest BCUT2D eigenvalue weighted by Gasteiger charge is 2.37. The number of aromatic nitrogens is 2. The molecule has 2 heterocycles. The predicted molar refractivity (Wildman–Crippen MR) is 96.7 cm³/mol. The highest BCUT2D eigenvalue weighted by molar-refractivity contribution is 6.28. The number of alkyl halides is 3. The van der Waals surface area contributed by atoms with Gasteiger partial charge in [0.05, 0.1) is 33.0 Å². The SMILES string of the molecule is COc1cccc(OC[C@@H]2COC[C@H]2Nc2nc(Cl)ncc2C(F)(F)F)c1N. The minimum absolute atomic E-state index is 0.176. The van der Waals surface area contributed by atoms with Crippen LogP contribution in [0.4, 0.5) is 24.7 Å². The van der Waals surface area contributed by atoms with Crippen molar-refractivity contribution in [3.05, 3.63) is 35.2 Å². The average molecular weight is 419 g/mol. The molecule has 1 aromatic carbocycles. The number of methoxy groups -OCH3 is 1. The van der Waals surface area contributed by atoms with Gasteiger partial charge in [-0.25, -0.2) is 9.97 Å². The van der Waals surface area contributed by atoms with Gasteiger partial charge in [-0.15, -0.1) is 0 Å². The van der Waals surface area contributed by atoms with Crippen LogP contribution in [0.3, 0.4) is 0 Å². The molecule has 0 unspecified atom stereocenters. The van der Waals surface area contributed by atoms with Crippen LogP contribution in [-0.2, 0) is 10.9 Å². The summed E-state index contributed by atoms with van der Waals surface area (Å²) in [4.78, 5) is 7.10. The average Bonchev–Trinajstić information content (AvgIpc) is 3.07. The van der Waals surface area contributed by atoms with Gasteiger partial charge in [-0.2, -0.15) is 13.2 Å². The Balaban J connectivity index is 1.72. The van der Waals surface area contributed by atoms with Gasteiger partial charge >= 0.3 is 6.18 Å². The molecule has 2 atom stereocenters. The second-order valence-electron chi connectivity index (χ2n) is 6.13. The van der Waals surface area contributed by atoms with E-state index in [9.17, 15) is 13.2 Å². The maximum absolute atomic E-state index is 13.2. The normalized spacial score (nSPS) is 19.5. The molecule has 7 nitrogen and oxygen atoms in total. The van der Waals surface area contributed by atoms with E-state index in [-0.39, 0.29) is 24.4 Å². The number of hydrogen-bond donors (Lipinski definition) is 2. The zero-order valence-corrected chi connectivity index (χ0v) is 15.5. The van der Waals surface area contributed by atoms with Gasteiger partial charge in [-0.1, -0.05) is 6.07 Å². The van der Waals surface area contributed by atoms with Crippen LogP contribution in [0, 0.1) is 5.92 Å². The third-order valence-electron chi connectivity index (χ3n) is 4.28. The molecule has 1 aliphatic rings. The van der Waals surface area contributed by atoms with Crippen molar-refractivity contribution in [2.75, 3.05) is 38.0 Å². The summed E-state index contributed by atoms with van der Waals surface area (Å²) in [5, 5.41) is 2.48. The van der Waals surface area contributed by atoms with Crippen LogP contribution in [-0.4, -0.2) is 42.9 Å². The molecule has 2 aromatic rings. The minimum Gasteiger partial charge on any atom is -0.494 e. The lowest BCUT2D eigenvalue weighted by Crippen LogP contribution is -2.33. The molecule has 1 saturated heterocycles. The number of benzene rings is 1. The van der Waals surface area contributed by atoms with Crippen molar-refractivity contribution in [3.8, 4) is 11.5 Å². The molecule has 11 heteroatoms. The molecule has 152 valence electrons. The molecule has 28 heavy (non-hydrogen) atoms. The number of rotatable bonds is 6. The van der Waals surface area contributed by atoms with E-state index in [0.717, 1.165) is 0 Å². The third kappa shape index (κ3) is 4.50. The van der Waals surface area contributed by atoms with Gasteiger partial charge in [0.15, 0.2) is 0 Å². The van der Waals surface area contributed by atoms with Crippen molar-refractivity contribution >= 4 is 23.1 Å². The van der Waals surface area contributed by atoms with Crippen molar-refractivity contribution in [1.29, 1.82) is 0 Å². The van der Waals surface area contributed by atoms with Gasteiger partial charge in [0.2, 0.25) is 5.28 Å². The van der Waals surface area contributed by atoms with E-state index in [1.54, 1.807) is 18.2 Å². The second kappa shape index (κ2) is 8.27. The highest BCUT2D eigenvalue weighted by Crippen LogP contribution is 2.35. The van der Waals surface area contributed by atoms with Crippen molar-refractivity contribution in [2.45, 2.75) is 12.2 Å². The standard InChI is InChI=1S/C17H18ClF3N4O3/c1-26-12-3-2-4-13(14(12)22)28-7-9-6-27-8-11(9)24-15-10(17(19,20)21)5-23-16(18)25-15/h2-5,9,11H,6-8,22H2,1H3,(H,23,24,25)/t9-,11+/m0/s1. The summed E-state index contributed by atoms with van der Waals surface area (Å²) < 4.78 is 55.9. The van der Waals surface area contributed by atoms with Crippen molar-refractivity contribution in [1.82, 2.24) is 9.97 Å².